The molecule has 0 spiro atoms. The molecule has 0 saturated carbocycles. The molecule has 1 amide bonds. The van der Waals surface area contributed by atoms with E-state index in [-0.39, 0.29) is 19.0 Å². The molecular formula is C37H34N4O9. The molecule has 0 aliphatic carbocycles. The standard InChI is InChI=1S/C37H34N4O9/c1-45-27-15-11-24(12-16-27)37(23-8-4-3-5-9-23,25-13-17-28(46-2)18-14-25)47-22-29-32(50-36(44)39-21-26-10-6-7-19-38-26)33-34(48-29)41-31(49-33)20-30(42)40-35(41)43/h3-20,29,32-34H,21-22H2,1-2H3,(H,39,44)(H,40,42,43)/t29-,32-,33-,34-/m1/s1. The molecular weight excluding hydrogens is 644 g/mol. The number of aromatic nitrogens is 3. The lowest BCUT2D eigenvalue weighted by molar-refractivity contribution is -0.0952. The summed E-state index contributed by atoms with van der Waals surface area (Å²) in [6, 6.07) is 31.3. The van der Waals surface area contributed by atoms with Crippen LogP contribution in [0.25, 0.3) is 0 Å². The van der Waals surface area contributed by atoms with Gasteiger partial charge in [0.2, 0.25) is 5.88 Å². The van der Waals surface area contributed by atoms with E-state index in [9.17, 15) is 14.4 Å². The van der Waals surface area contributed by atoms with Crippen LogP contribution < -0.4 is 30.8 Å². The van der Waals surface area contributed by atoms with Crippen LogP contribution >= 0.6 is 0 Å². The van der Waals surface area contributed by atoms with E-state index in [0.717, 1.165) is 22.8 Å². The number of ether oxygens (including phenoxy) is 6. The molecule has 0 bridgehead atoms. The highest BCUT2D eigenvalue weighted by Gasteiger charge is 2.55. The van der Waals surface area contributed by atoms with Crippen LogP contribution in [0.5, 0.6) is 17.4 Å². The maximum absolute atomic E-state index is 13.2. The van der Waals surface area contributed by atoms with Gasteiger partial charge in [0.1, 0.15) is 23.2 Å². The summed E-state index contributed by atoms with van der Waals surface area (Å²) in [5, 5.41) is 2.72. The van der Waals surface area contributed by atoms with Crippen molar-refractivity contribution < 1.29 is 33.2 Å². The van der Waals surface area contributed by atoms with Crippen LogP contribution in [0.15, 0.2) is 119 Å². The summed E-state index contributed by atoms with van der Waals surface area (Å²) in [4.78, 5) is 44.7. The zero-order valence-electron chi connectivity index (χ0n) is 27.2. The zero-order chi connectivity index (χ0) is 34.7. The Hall–Kier alpha value is -5.92. The highest BCUT2D eigenvalue weighted by molar-refractivity contribution is 5.67. The minimum atomic E-state index is -1.20. The second kappa shape index (κ2) is 13.9. The van der Waals surface area contributed by atoms with E-state index in [1.165, 1.54) is 4.57 Å². The molecule has 5 aromatic rings. The fourth-order valence-electron chi connectivity index (χ4n) is 6.38. The molecule has 2 aromatic heterocycles. The number of methoxy groups -OCH3 is 2. The minimum absolute atomic E-state index is 0.00529. The number of pyridine rings is 1. The van der Waals surface area contributed by atoms with E-state index >= 15 is 0 Å². The second-order valence-electron chi connectivity index (χ2n) is 11.7. The zero-order valence-corrected chi connectivity index (χ0v) is 27.2. The van der Waals surface area contributed by atoms with Crippen LogP contribution in [0.4, 0.5) is 4.79 Å². The first-order chi connectivity index (χ1) is 24.4. The van der Waals surface area contributed by atoms with E-state index < -0.39 is 47.5 Å². The number of hydrogen-bond donors (Lipinski definition) is 2. The largest absolute Gasteiger partial charge is 0.497 e. The number of benzene rings is 3. The molecule has 3 aromatic carbocycles. The van der Waals surface area contributed by atoms with Gasteiger partial charge in [-0.05, 0) is 53.1 Å². The monoisotopic (exact) mass is 678 g/mol. The maximum atomic E-state index is 13.2. The van der Waals surface area contributed by atoms with Gasteiger partial charge < -0.3 is 33.7 Å². The van der Waals surface area contributed by atoms with Crippen LogP contribution in [0.2, 0.25) is 0 Å². The number of nitrogens with zero attached hydrogens (tertiary/aromatic N) is 2. The lowest BCUT2D eigenvalue weighted by atomic mass is 9.80. The highest BCUT2D eigenvalue weighted by Crippen LogP contribution is 2.44. The van der Waals surface area contributed by atoms with Crippen LogP contribution in [0.3, 0.4) is 0 Å². The van der Waals surface area contributed by atoms with Crippen molar-refractivity contribution >= 4 is 6.09 Å². The first-order valence-corrected chi connectivity index (χ1v) is 15.9. The molecule has 256 valence electrons. The Kier molecular flexibility index (Phi) is 9.07. The van der Waals surface area contributed by atoms with Crippen molar-refractivity contribution in [2.45, 2.75) is 36.7 Å². The Balaban J connectivity index is 1.26. The second-order valence-corrected chi connectivity index (χ2v) is 11.7. The van der Waals surface area contributed by atoms with Crippen LogP contribution in [-0.2, 0) is 26.4 Å². The molecule has 4 heterocycles. The average Bonchev–Trinajstić information content (AvgIpc) is 3.67. The summed E-state index contributed by atoms with van der Waals surface area (Å²) in [5.74, 6) is 1.34. The van der Waals surface area contributed by atoms with Gasteiger partial charge in [-0.2, -0.15) is 0 Å². The van der Waals surface area contributed by atoms with Crippen molar-refractivity contribution in [2.24, 2.45) is 0 Å². The van der Waals surface area contributed by atoms with Gasteiger partial charge >= 0.3 is 11.8 Å². The number of carbonyl (C=O) groups excluding carboxylic acids is 1. The molecule has 2 N–H and O–H groups in total. The summed E-state index contributed by atoms with van der Waals surface area (Å²) < 4.78 is 37.6. The van der Waals surface area contributed by atoms with Gasteiger partial charge in [-0.3, -0.25) is 14.8 Å². The van der Waals surface area contributed by atoms with Gasteiger partial charge in [0.15, 0.2) is 18.4 Å². The lowest BCUT2D eigenvalue weighted by Crippen LogP contribution is -2.44. The number of fused-ring (bicyclic) bond motifs is 3. The van der Waals surface area contributed by atoms with Gasteiger partial charge in [-0.25, -0.2) is 14.2 Å². The number of aromatic amines is 1. The van der Waals surface area contributed by atoms with Crippen molar-refractivity contribution in [1.82, 2.24) is 19.9 Å². The molecule has 13 nitrogen and oxygen atoms in total. The first-order valence-electron chi connectivity index (χ1n) is 15.9. The SMILES string of the molecule is COc1ccc(C(OC[C@H]2O[C@@H]3[C@H](Oc4cc(=O)[nH]c(=O)n43)[C@@H]2OC(=O)NCc2ccccn2)(c2ccccc2)c2ccc(OC)cc2)cc1. The molecule has 1 saturated heterocycles. The van der Waals surface area contributed by atoms with E-state index in [1.807, 2.05) is 84.9 Å². The quantitative estimate of drug-likeness (QED) is 0.197. The molecule has 0 radical (unpaired) electrons. The Morgan fingerprint density at radius 2 is 1.52 bits per heavy atom. The van der Waals surface area contributed by atoms with Crippen molar-refractivity contribution in [3.8, 4) is 17.4 Å². The molecule has 7 rings (SSSR count). The normalized spacial score (nSPS) is 19.2. The number of alkyl carbamates (subject to hydrolysis) is 1. The van der Waals surface area contributed by atoms with Gasteiger partial charge in [0.25, 0.3) is 5.56 Å². The van der Waals surface area contributed by atoms with E-state index in [4.69, 9.17) is 28.4 Å². The predicted molar refractivity (Wildman–Crippen MR) is 179 cm³/mol. The summed E-state index contributed by atoms with van der Waals surface area (Å²) in [7, 11) is 3.20. The third-order valence-electron chi connectivity index (χ3n) is 8.76. The Bertz CT molecular complexity index is 2000. The topological polar surface area (TPSA) is 152 Å². The highest BCUT2D eigenvalue weighted by atomic mass is 16.7. The summed E-state index contributed by atoms with van der Waals surface area (Å²) in [6.07, 6.45) is -3.07. The summed E-state index contributed by atoms with van der Waals surface area (Å²) in [6.45, 7) is -0.00144. The van der Waals surface area contributed by atoms with Crippen molar-refractivity contribution in [2.75, 3.05) is 20.8 Å². The van der Waals surface area contributed by atoms with Crippen LogP contribution in [0.1, 0.15) is 28.6 Å². The van der Waals surface area contributed by atoms with Crippen LogP contribution in [-0.4, -0.2) is 59.8 Å². The van der Waals surface area contributed by atoms with E-state index in [0.29, 0.717) is 17.2 Å². The van der Waals surface area contributed by atoms with Gasteiger partial charge in [0, 0.05) is 6.20 Å². The van der Waals surface area contributed by atoms with Gasteiger partial charge in [-0.15, -0.1) is 0 Å². The van der Waals surface area contributed by atoms with Crippen LogP contribution in [0, 0.1) is 0 Å². The molecule has 2 aliphatic heterocycles. The minimum Gasteiger partial charge on any atom is -0.497 e. The average molecular weight is 679 g/mol. The number of amides is 1. The van der Waals surface area contributed by atoms with Crippen molar-refractivity contribution in [1.29, 1.82) is 0 Å². The third-order valence-corrected chi connectivity index (χ3v) is 8.76. The smallest absolute Gasteiger partial charge is 0.407 e. The molecule has 2 aliphatic rings. The predicted octanol–water partition coefficient (Wildman–Crippen LogP) is 3.91. The Labute approximate surface area is 286 Å². The fraction of sp³-hybridized carbons (Fsp3) is 0.243. The molecule has 13 heteroatoms. The third kappa shape index (κ3) is 6.19. The van der Waals surface area contributed by atoms with Crippen molar-refractivity contribution in [3.05, 3.63) is 153 Å². The van der Waals surface area contributed by atoms with Gasteiger partial charge in [0.05, 0.1) is 39.1 Å². The Morgan fingerprint density at radius 3 is 2.14 bits per heavy atom. The number of H-pyrrole nitrogens is 1. The summed E-state index contributed by atoms with van der Waals surface area (Å²) in [5.41, 5.74) is 0.476. The number of carbonyl (C=O) groups is 1. The lowest BCUT2D eigenvalue weighted by Gasteiger charge is -2.37. The molecule has 4 atom stereocenters. The van der Waals surface area contributed by atoms with Gasteiger partial charge in [-0.1, -0.05) is 60.7 Å². The Morgan fingerprint density at radius 1 is 0.880 bits per heavy atom. The van der Waals surface area contributed by atoms with E-state index in [1.54, 1.807) is 32.5 Å². The van der Waals surface area contributed by atoms with E-state index in [2.05, 4.69) is 15.3 Å². The summed E-state index contributed by atoms with van der Waals surface area (Å²) >= 11 is 0. The number of nitrogens with one attached hydrogen (secondary N) is 2. The maximum Gasteiger partial charge on any atom is 0.407 e. The number of hydrogen-bond acceptors (Lipinski definition) is 10. The molecule has 0 unspecified atom stereocenters. The fourth-order valence-corrected chi connectivity index (χ4v) is 6.38. The molecule has 1 fully saturated rings. The number of rotatable bonds is 11. The van der Waals surface area contributed by atoms with Crippen molar-refractivity contribution in [3.63, 3.8) is 0 Å². The first kappa shape index (κ1) is 32.6. The molecule has 50 heavy (non-hydrogen) atoms.